The molecule has 5 heteroatoms. The van der Waals surface area contributed by atoms with Crippen molar-refractivity contribution in [3.05, 3.63) is 10.6 Å². The van der Waals surface area contributed by atoms with Gasteiger partial charge in [0.1, 0.15) is 4.88 Å². The summed E-state index contributed by atoms with van der Waals surface area (Å²) < 4.78 is 0. The first-order valence-corrected chi connectivity index (χ1v) is 5.28. The van der Waals surface area contributed by atoms with Crippen LogP contribution in [0.25, 0.3) is 0 Å². The fraction of sp³-hybridized carbons (Fsp3) is 0.556. The number of hydrogen-bond donors (Lipinski definition) is 1. The van der Waals surface area contributed by atoms with Crippen LogP contribution in [0.3, 0.4) is 0 Å². The minimum absolute atomic E-state index is 0.0571. The molecule has 1 aliphatic rings. The van der Waals surface area contributed by atoms with Gasteiger partial charge in [-0.25, -0.2) is 4.98 Å². The van der Waals surface area contributed by atoms with Crippen LogP contribution in [0.5, 0.6) is 0 Å². The topological polar surface area (TPSA) is 59.2 Å². The number of aromatic nitrogens is 1. The van der Waals surface area contributed by atoms with Gasteiger partial charge in [-0.1, -0.05) is 11.3 Å². The van der Waals surface area contributed by atoms with E-state index in [2.05, 4.69) is 4.98 Å². The van der Waals surface area contributed by atoms with E-state index in [1.54, 1.807) is 0 Å². The summed E-state index contributed by atoms with van der Waals surface area (Å²) in [6, 6.07) is 0. The highest BCUT2D eigenvalue weighted by molar-refractivity contribution is 7.17. The number of fused-ring (bicyclic) bond motifs is 1. The molecule has 0 spiro atoms. The van der Waals surface area contributed by atoms with Crippen LogP contribution in [-0.4, -0.2) is 21.3 Å². The first kappa shape index (κ1) is 9.45. The molecule has 0 radical (unpaired) electrons. The Morgan fingerprint density at radius 3 is 2.64 bits per heavy atom. The van der Waals surface area contributed by atoms with E-state index in [0.29, 0.717) is 16.6 Å². The van der Waals surface area contributed by atoms with Crippen molar-refractivity contribution in [1.82, 2.24) is 9.88 Å². The second-order valence-electron chi connectivity index (χ2n) is 4.39. The molecule has 0 bridgehead atoms. The van der Waals surface area contributed by atoms with E-state index in [9.17, 15) is 4.79 Å². The van der Waals surface area contributed by atoms with Crippen molar-refractivity contribution in [3.8, 4) is 0 Å². The van der Waals surface area contributed by atoms with Gasteiger partial charge in [-0.2, -0.15) is 0 Å². The zero-order valence-electron chi connectivity index (χ0n) is 8.50. The Morgan fingerprint density at radius 1 is 1.50 bits per heavy atom. The highest BCUT2D eigenvalue weighted by atomic mass is 32.1. The summed E-state index contributed by atoms with van der Waals surface area (Å²) in [5.41, 5.74) is 6.22. The smallest absolute Gasteiger partial charge is 0.266 e. The average molecular weight is 211 g/mol. The number of anilines is 1. The molecule has 2 rings (SSSR count). The van der Waals surface area contributed by atoms with Gasteiger partial charge in [0.2, 0.25) is 0 Å². The maximum absolute atomic E-state index is 11.9. The van der Waals surface area contributed by atoms with Crippen molar-refractivity contribution in [2.75, 3.05) is 5.73 Å². The zero-order valence-corrected chi connectivity index (χ0v) is 9.31. The monoisotopic (exact) mass is 211 g/mol. The fourth-order valence-electron chi connectivity index (χ4n) is 1.53. The second kappa shape index (κ2) is 2.70. The summed E-state index contributed by atoms with van der Waals surface area (Å²) in [6.07, 6.45) is 0. The number of carbonyl (C=O) groups is 1. The van der Waals surface area contributed by atoms with Gasteiger partial charge in [0.25, 0.3) is 5.91 Å². The molecule has 0 atom stereocenters. The summed E-state index contributed by atoms with van der Waals surface area (Å²) >= 11 is 1.28. The molecular weight excluding hydrogens is 198 g/mol. The minimum Gasteiger partial charge on any atom is -0.375 e. The molecule has 14 heavy (non-hydrogen) atoms. The van der Waals surface area contributed by atoms with Crippen LogP contribution >= 0.6 is 11.3 Å². The van der Waals surface area contributed by atoms with Gasteiger partial charge in [0, 0.05) is 5.54 Å². The van der Waals surface area contributed by atoms with Crippen LogP contribution in [0.15, 0.2) is 0 Å². The van der Waals surface area contributed by atoms with E-state index < -0.39 is 0 Å². The van der Waals surface area contributed by atoms with Gasteiger partial charge >= 0.3 is 0 Å². The third-order valence-electron chi connectivity index (χ3n) is 2.27. The molecule has 0 saturated heterocycles. The van der Waals surface area contributed by atoms with Crippen molar-refractivity contribution >= 4 is 22.4 Å². The van der Waals surface area contributed by atoms with Crippen LogP contribution in [-0.2, 0) is 6.54 Å². The lowest BCUT2D eigenvalue weighted by atomic mass is 10.1. The number of rotatable bonds is 0. The number of carbonyl (C=O) groups excluding carboxylic acids is 1. The standard InChI is InChI=1S/C9H13N3OS/c1-9(2,3)12-4-5-6(7(12)13)14-8(10)11-5/h4H2,1-3H3,(H2,10,11). The van der Waals surface area contributed by atoms with E-state index >= 15 is 0 Å². The van der Waals surface area contributed by atoms with Gasteiger partial charge in [0.05, 0.1) is 12.2 Å². The second-order valence-corrected chi connectivity index (χ2v) is 5.42. The van der Waals surface area contributed by atoms with Crippen LogP contribution in [0.2, 0.25) is 0 Å². The van der Waals surface area contributed by atoms with E-state index in [-0.39, 0.29) is 11.4 Å². The van der Waals surface area contributed by atoms with Crippen molar-refractivity contribution in [2.45, 2.75) is 32.9 Å². The average Bonchev–Trinajstić information content (AvgIpc) is 2.49. The Bertz CT molecular complexity index is 391. The number of thiazole rings is 1. The highest BCUT2D eigenvalue weighted by Crippen LogP contribution is 2.33. The molecule has 1 amide bonds. The highest BCUT2D eigenvalue weighted by Gasteiger charge is 2.37. The summed E-state index contributed by atoms with van der Waals surface area (Å²) in [5.74, 6) is 0.0571. The molecule has 76 valence electrons. The molecule has 2 heterocycles. The largest absolute Gasteiger partial charge is 0.375 e. The normalized spacial score (nSPS) is 16.2. The third kappa shape index (κ3) is 1.28. The molecule has 1 aliphatic heterocycles. The predicted molar refractivity (Wildman–Crippen MR) is 56.2 cm³/mol. The molecule has 0 saturated carbocycles. The number of amides is 1. The Morgan fingerprint density at radius 2 is 2.14 bits per heavy atom. The first-order chi connectivity index (χ1) is 6.39. The quantitative estimate of drug-likeness (QED) is 0.707. The Hall–Kier alpha value is -1.10. The fourth-order valence-corrected chi connectivity index (χ4v) is 2.32. The van der Waals surface area contributed by atoms with Crippen molar-refractivity contribution in [1.29, 1.82) is 0 Å². The predicted octanol–water partition coefficient (Wildman–Crippen LogP) is 1.48. The lowest BCUT2D eigenvalue weighted by molar-refractivity contribution is 0.0611. The SMILES string of the molecule is CC(C)(C)N1Cc2nc(N)sc2C1=O. The molecule has 4 nitrogen and oxygen atoms in total. The zero-order chi connectivity index (χ0) is 10.5. The van der Waals surface area contributed by atoms with Gasteiger partial charge in [-0.15, -0.1) is 0 Å². The maximum Gasteiger partial charge on any atom is 0.266 e. The van der Waals surface area contributed by atoms with Gasteiger partial charge in [0.15, 0.2) is 5.13 Å². The van der Waals surface area contributed by atoms with Crippen LogP contribution < -0.4 is 5.73 Å². The molecule has 0 unspecified atom stereocenters. The lowest BCUT2D eigenvalue weighted by Gasteiger charge is -2.31. The molecule has 0 aromatic carbocycles. The Labute approximate surface area is 86.7 Å². The van der Waals surface area contributed by atoms with E-state index in [1.807, 2.05) is 25.7 Å². The van der Waals surface area contributed by atoms with E-state index in [0.717, 1.165) is 5.69 Å². The molecular formula is C9H13N3OS. The van der Waals surface area contributed by atoms with Gasteiger partial charge in [-0.05, 0) is 20.8 Å². The van der Waals surface area contributed by atoms with E-state index in [1.165, 1.54) is 11.3 Å². The Kier molecular flexibility index (Phi) is 1.82. The summed E-state index contributed by atoms with van der Waals surface area (Å²) in [6.45, 7) is 6.64. The van der Waals surface area contributed by atoms with Crippen molar-refractivity contribution < 1.29 is 4.79 Å². The van der Waals surface area contributed by atoms with Crippen molar-refractivity contribution in [3.63, 3.8) is 0 Å². The lowest BCUT2D eigenvalue weighted by Crippen LogP contribution is -2.41. The van der Waals surface area contributed by atoms with Crippen LogP contribution in [0, 0.1) is 0 Å². The molecule has 1 aromatic rings. The molecule has 2 N–H and O–H groups in total. The number of nitrogen functional groups attached to an aromatic ring is 1. The van der Waals surface area contributed by atoms with Crippen LogP contribution in [0.4, 0.5) is 5.13 Å². The summed E-state index contributed by atoms with van der Waals surface area (Å²) in [4.78, 5) is 18.6. The summed E-state index contributed by atoms with van der Waals surface area (Å²) in [7, 11) is 0. The number of nitrogens with zero attached hydrogens (tertiary/aromatic N) is 2. The van der Waals surface area contributed by atoms with E-state index in [4.69, 9.17) is 5.73 Å². The third-order valence-corrected chi connectivity index (χ3v) is 3.19. The van der Waals surface area contributed by atoms with Gasteiger partial charge in [-0.3, -0.25) is 4.79 Å². The molecule has 0 aliphatic carbocycles. The molecule has 0 fully saturated rings. The maximum atomic E-state index is 11.9. The number of nitrogens with two attached hydrogens (primary N) is 1. The first-order valence-electron chi connectivity index (χ1n) is 4.47. The number of hydrogen-bond acceptors (Lipinski definition) is 4. The van der Waals surface area contributed by atoms with Crippen molar-refractivity contribution in [2.24, 2.45) is 0 Å². The van der Waals surface area contributed by atoms with Gasteiger partial charge < -0.3 is 10.6 Å². The van der Waals surface area contributed by atoms with Crippen LogP contribution in [0.1, 0.15) is 36.1 Å². The molecule has 1 aromatic heterocycles. The summed E-state index contributed by atoms with van der Waals surface area (Å²) in [5, 5.41) is 0.483. The Balaban J connectivity index is 2.36. The minimum atomic E-state index is -0.147.